The molecule has 1 N–H and O–H groups in total. The van der Waals surface area contributed by atoms with Gasteiger partial charge >= 0.3 is 0 Å². The van der Waals surface area contributed by atoms with Crippen molar-refractivity contribution in [2.75, 3.05) is 0 Å². The van der Waals surface area contributed by atoms with Gasteiger partial charge in [0.05, 0.1) is 6.20 Å². The van der Waals surface area contributed by atoms with Crippen molar-refractivity contribution < 1.29 is 13.5 Å². The molecular formula is C15H15BrF2N2O. The van der Waals surface area contributed by atoms with Crippen LogP contribution in [0.1, 0.15) is 19.4 Å². The standard InChI is InChI=1S/C15H15BrF2N2O/c1-9(2)20-7-10-3-12(8-19-6-10)21-14-5-11(16)4-13(17)15(14)18/h3-6,8-9,20H,7H2,1-2H3. The summed E-state index contributed by atoms with van der Waals surface area (Å²) in [7, 11) is 0. The first-order chi connectivity index (χ1) is 9.95. The molecule has 0 radical (unpaired) electrons. The zero-order valence-corrected chi connectivity index (χ0v) is 13.2. The summed E-state index contributed by atoms with van der Waals surface area (Å²) in [5.74, 6) is -1.82. The lowest BCUT2D eigenvalue weighted by Crippen LogP contribution is -2.21. The highest BCUT2D eigenvalue weighted by Gasteiger charge is 2.12. The molecule has 0 saturated heterocycles. The van der Waals surface area contributed by atoms with Crippen LogP contribution in [0.15, 0.2) is 35.1 Å². The molecule has 21 heavy (non-hydrogen) atoms. The molecule has 1 aromatic carbocycles. The number of pyridine rings is 1. The van der Waals surface area contributed by atoms with Gasteiger partial charge < -0.3 is 10.1 Å². The van der Waals surface area contributed by atoms with Gasteiger partial charge in [0, 0.05) is 23.3 Å². The lowest BCUT2D eigenvalue weighted by molar-refractivity contribution is 0.413. The molecule has 112 valence electrons. The van der Waals surface area contributed by atoms with Gasteiger partial charge in [0.15, 0.2) is 11.6 Å². The molecule has 0 aliphatic rings. The summed E-state index contributed by atoms with van der Waals surface area (Å²) >= 11 is 3.10. The second kappa shape index (κ2) is 6.95. The summed E-state index contributed by atoms with van der Waals surface area (Å²) in [5, 5.41) is 3.25. The first kappa shape index (κ1) is 15.9. The van der Waals surface area contributed by atoms with Crippen LogP contribution < -0.4 is 10.1 Å². The van der Waals surface area contributed by atoms with E-state index in [0.29, 0.717) is 22.8 Å². The minimum absolute atomic E-state index is 0.183. The summed E-state index contributed by atoms with van der Waals surface area (Å²) in [6.07, 6.45) is 3.15. The van der Waals surface area contributed by atoms with Crippen LogP contribution in [0.3, 0.4) is 0 Å². The summed E-state index contributed by atoms with van der Waals surface area (Å²) < 4.78 is 32.8. The summed E-state index contributed by atoms with van der Waals surface area (Å²) in [4.78, 5) is 4.04. The Morgan fingerprint density at radius 1 is 1.24 bits per heavy atom. The van der Waals surface area contributed by atoms with Crippen molar-refractivity contribution in [1.82, 2.24) is 10.3 Å². The number of benzene rings is 1. The Morgan fingerprint density at radius 2 is 2.00 bits per heavy atom. The third-order valence-corrected chi connectivity index (χ3v) is 3.13. The summed E-state index contributed by atoms with van der Waals surface area (Å²) in [5.41, 5.74) is 0.900. The fourth-order valence-electron chi connectivity index (χ4n) is 1.67. The average molecular weight is 357 g/mol. The van der Waals surface area contributed by atoms with Crippen LogP contribution in [-0.4, -0.2) is 11.0 Å². The van der Waals surface area contributed by atoms with E-state index in [2.05, 4.69) is 26.2 Å². The zero-order valence-electron chi connectivity index (χ0n) is 11.7. The van der Waals surface area contributed by atoms with Crippen molar-refractivity contribution in [2.45, 2.75) is 26.4 Å². The smallest absolute Gasteiger partial charge is 0.201 e. The van der Waals surface area contributed by atoms with Crippen LogP contribution in [-0.2, 0) is 6.54 Å². The Hall–Kier alpha value is -1.53. The number of hydrogen-bond donors (Lipinski definition) is 1. The van der Waals surface area contributed by atoms with Crippen molar-refractivity contribution in [3.8, 4) is 11.5 Å². The first-order valence-corrected chi connectivity index (χ1v) is 7.24. The molecule has 0 bridgehead atoms. The summed E-state index contributed by atoms with van der Waals surface area (Å²) in [6.45, 7) is 4.69. The molecule has 0 fully saturated rings. The van der Waals surface area contributed by atoms with E-state index < -0.39 is 11.6 Å². The molecule has 1 heterocycles. The maximum absolute atomic E-state index is 13.7. The molecule has 2 rings (SSSR count). The molecule has 6 heteroatoms. The van der Waals surface area contributed by atoms with Gasteiger partial charge in [-0.3, -0.25) is 4.98 Å². The third kappa shape index (κ3) is 4.47. The zero-order chi connectivity index (χ0) is 15.4. The predicted molar refractivity (Wildman–Crippen MR) is 80.3 cm³/mol. The Labute approximate surface area is 130 Å². The van der Waals surface area contributed by atoms with Crippen molar-refractivity contribution in [3.63, 3.8) is 0 Å². The van der Waals surface area contributed by atoms with E-state index in [1.165, 1.54) is 12.3 Å². The van der Waals surface area contributed by atoms with E-state index in [1.807, 2.05) is 13.8 Å². The lowest BCUT2D eigenvalue weighted by Gasteiger charge is -2.10. The molecule has 0 aliphatic heterocycles. The first-order valence-electron chi connectivity index (χ1n) is 6.45. The maximum atomic E-state index is 13.7. The Bertz CT molecular complexity index is 635. The van der Waals surface area contributed by atoms with E-state index in [9.17, 15) is 8.78 Å². The lowest BCUT2D eigenvalue weighted by atomic mass is 10.2. The fourth-order valence-corrected chi connectivity index (χ4v) is 2.08. The molecule has 3 nitrogen and oxygen atoms in total. The van der Waals surface area contributed by atoms with Crippen LogP contribution in [0.5, 0.6) is 11.5 Å². The number of ether oxygens (including phenoxy) is 1. The van der Waals surface area contributed by atoms with Gasteiger partial charge in [-0.2, -0.15) is 4.39 Å². The molecule has 0 spiro atoms. The summed E-state index contributed by atoms with van der Waals surface area (Å²) in [6, 6.07) is 4.49. The molecule has 0 aliphatic carbocycles. The highest BCUT2D eigenvalue weighted by Crippen LogP contribution is 2.29. The number of nitrogens with zero attached hydrogens (tertiary/aromatic N) is 1. The quantitative estimate of drug-likeness (QED) is 0.805. The molecule has 2 aromatic rings. The Morgan fingerprint density at radius 3 is 2.71 bits per heavy atom. The van der Waals surface area contributed by atoms with E-state index in [0.717, 1.165) is 11.6 Å². The minimum atomic E-state index is -1.02. The Balaban J connectivity index is 2.18. The number of aromatic nitrogens is 1. The van der Waals surface area contributed by atoms with E-state index >= 15 is 0 Å². The Kier molecular flexibility index (Phi) is 5.25. The average Bonchev–Trinajstić information content (AvgIpc) is 2.42. The van der Waals surface area contributed by atoms with Gasteiger partial charge in [0.1, 0.15) is 5.75 Å². The molecule has 1 aromatic heterocycles. The second-order valence-electron chi connectivity index (χ2n) is 4.87. The van der Waals surface area contributed by atoms with Crippen molar-refractivity contribution in [3.05, 3.63) is 52.3 Å². The molecule has 0 atom stereocenters. The van der Waals surface area contributed by atoms with Crippen molar-refractivity contribution in [2.24, 2.45) is 0 Å². The minimum Gasteiger partial charge on any atom is -0.452 e. The van der Waals surface area contributed by atoms with Crippen LogP contribution in [0.4, 0.5) is 8.78 Å². The highest BCUT2D eigenvalue weighted by molar-refractivity contribution is 9.10. The van der Waals surface area contributed by atoms with Crippen molar-refractivity contribution in [1.29, 1.82) is 0 Å². The molecule has 0 amide bonds. The topological polar surface area (TPSA) is 34.2 Å². The van der Waals surface area contributed by atoms with E-state index in [1.54, 1.807) is 12.3 Å². The molecular weight excluding hydrogens is 342 g/mol. The van der Waals surface area contributed by atoms with Crippen LogP contribution in [0.25, 0.3) is 0 Å². The van der Waals surface area contributed by atoms with Crippen LogP contribution >= 0.6 is 15.9 Å². The third-order valence-electron chi connectivity index (χ3n) is 2.67. The number of nitrogens with one attached hydrogen (secondary N) is 1. The van der Waals surface area contributed by atoms with Crippen molar-refractivity contribution >= 4 is 15.9 Å². The largest absolute Gasteiger partial charge is 0.452 e. The predicted octanol–water partition coefficient (Wildman–Crippen LogP) is 4.41. The monoisotopic (exact) mass is 356 g/mol. The number of rotatable bonds is 5. The van der Waals surface area contributed by atoms with Gasteiger partial charge in [-0.05, 0) is 23.8 Å². The molecule has 0 saturated carbocycles. The normalized spacial score (nSPS) is 11.0. The van der Waals surface area contributed by atoms with E-state index in [4.69, 9.17) is 4.74 Å². The van der Waals surface area contributed by atoms with Gasteiger partial charge in [0.25, 0.3) is 0 Å². The SMILES string of the molecule is CC(C)NCc1cncc(Oc2cc(Br)cc(F)c2F)c1. The second-order valence-corrected chi connectivity index (χ2v) is 5.78. The van der Waals surface area contributed by atoms with Gasteiger partial charge in [-0.15, -0.1) is 0 Å². The van der Waals surface area contributed by atoms with Crippen LogP contribution in [0, 0.1) is 11.6 Å². The van der Waals surface area contributed by atoms with Crippen LogP contribution in [0.2, 0.25) is 0 Å². The number of halogens is 3. The number of hydrogen-bond acceptors (Lipinski definition) is 3. The van der Waals surface area contributed by atoms with Gasteiger partial charge in [-0.25, -0.2) is 4.39 Å². The van der Waals surface area contributed by atoms with Gasteiger partial charge in [0.2, 0.25) is 5.82 Å². The molecule has 0 unspecified atom stereocenters. The highest BCUT2D eigenvalue weighted by atomic mass is 79.9. The van der Waals surface area contributed by atoms with Gasteiger partial charge in [-0.1, -0.05) is 29.8 Å². The maximum Gasteiger partial charge on any atom is 0.201 e. The fraction of sp³-hybridized carbons (Fsp3) is 0.267. The van der Waals surface area contributed by atoms with E-state index in [-0.39, 0.29) is 5.75 Å².